The molecule has 0 saturated heterocycles. The van der Waals surface area contributed by atoms with Gasteiger partial charge in [0.15, 0.2) is 0 Å². The molecule has 1 aromatic rings. The van der Waals surface area contributed by atoms with Crippen molar-refractivity contribution in [2.45, 2.75) is 45.8 Å². The van der Waals surface area contributed by atoms with Crippen LogP contribution in [0.25, 0.3) is 0 Å². The number of anilines is 1. The molecule has 0 radical (unpaired) electrons. The zero-order chi connectivity index (χ0) is 15.6. The highest BCUT2D eigenvalue weighted by Gasteiger charge is 2.33. The summed E-state index contributed by atoms with van der Waals surface area (Å²) in [4.78, 5) is 2.26. The number of aliphatic hydroxyl groups excluding tert-OH is 1. The van der Waals surface area contributed by atoms with Crippen molar-refractivity contribution in [3.8, 4) is 0 Å². The van der Waals surface area contributed by atoms with E-state index >= 15 is 0 Å². The monoisotopic (exact) mass is 295 g/mol. The predicted octanol–water partition coefficient (Wildman–Crippen LogP) is 3.44. The fourth-order valence-corrected chi connectivity index (χ4v) is 2.83. The summed E-state index contributed by atoms with van der Waals surface area (Å²) >= 11 is 0. The van der Waals surface area contributed by atoms with Crippen LogP contribution >= 0.6 is 0 Å². The molecule has 0 amide bonds. The second-order valence-electron chi connectivity index (χ2n) is 6.10. The highest BCUT2D eigenvalue weighted by molar-refractivity contribution is 5.57. The molecule has 1 aliphatic rings. The lowest BCUT2D eigenvalue weighted by atomic mass is 10.0. The van der Waals surface area contributed by atoms with Gasteiger partial charge in [-0.3, -0.25) is 0 Å². The Balaban J connectivity index is 2.39. The maximum absolute atomic E-state index is 13.9. The average Bonchev–Trinajstić information content (AvgIpc) is 3.26. The molecule has 1 aromatic carbocycles. The Kier molecular flexibility index (Phi) is 5.22. The Bertz CT molecular complexity index is 486. The smallest absolute Gasteiger partial charge is 0.126 e. The van der Waals surface area contributed by atoms with Gasteiger partial charge in [0.05, 0.1) is 12.7 Å². The van der Waals surface area contributed by atoms with E-state index in [-0.39, 0.29) is 5.82 Å². The van der Waals surface area contributed by atoms with Crippen LogP contribution in [-0.2, 0) is 4.74 Å². The van der Waals surface area contributed by atoms with Crippen LogP contribution in [0.2, 0.25) is 0 Å². The van der Waals surface area contributed by atoms with Crippen molar-refractivity contribution >= 4 is 5.69 Å². The first kappa shape index (κ1) is 16.2. The maximum Gasteiger partial charge on any atom is 0.126 e. The molecule has 3 nitrogen and oxygen atoms in total. The lowest BCUT2D eigenvalue weighted by molar-refractivity contribution is 0.195. The fourth-order valence-electron chi connectivity index (χ4n) is 2.83. The van der Waals surface area contributed by atoms with Crippen molar-refractivity contribution in [1.29, 1.82) is 0 Å². The Labute approximate surface area is 126 Å². The van der Waals surface area contributed by atoms with Gasteiger partial charge < -0.3 is 14.7 Å². The van der Waals surface area contributed by atoms with Crippen LogP contribution in [0.4, 0.5) is 10.1 Å². The molecule has 2 rings (SSSR count). The molecule has 1 fully saturated rings. The van der Waals surface area contributed by atoms with Gasteiger partial charge in [0.25, 0.3) is 0 Å². The summed E-state index contributed by atoms with van der Waals surface area (Å²) in [7, 11) is 1.69. The van der Waals surface area contributed by atoms with Gasteiger partial charge in [-0.15, -0.1) is 0 Å². The Morgan fingerprint density at radius 2 is 2.05 bits per heavy atom. The van der Waals surface area contributed by atoms with E-state index in [1.54, 1.807) is 21.0 Å². The van der Waals surface area contributed by atoms with Crippen LogP contribution in [0.15, 0.2) is 12.1 Å². The first-order chi connectivity index (χ1) is 9.95. The average molecular weight is 295 g/mol. The quantitative estimate of drug-likeness (QED) is 0.836. The summed E-state index contributed by atoms with van der Waals surface area (Å²) in [6, 6.07) is 3.70. The van der Waals surface area contributed by atoms with Gasteiger partial charge >= 0.3 is 0 Å². The Hall–Kier alpha value is -1.13. The second kappa shape index (κ2) is 6.75. The van der Waals surface area contributed by atoms with Crippen molar-refractivity contribution in [3.63, 3.8) is 0 Å². The highest BCUT2D eigenvalue weighted by atomic mass is 19.1. The zero-order valence-corrected chi connectivity index (χ0v) is 13.4. The van der Waals surface area contributed by atoms with Gasteiger partial charge in [-0.1, -0.05) is 0 Å². The van der Waals surface area contributed by atoms with Crippen molar-refractivity contribution in [1.82, 2.24) is 0 Å². The molecule has 1 aliphatic carbocycles. The molecule has 2 atom stereocenters. The van der Waals surface area contributed by atoms with Crippen LogP contribution in [0.3, 0.4) is 0 Å². The normalized spacial score (nSPS) is 17.6. The van der Waals surface area contributed by atoms with Crippen LogP contribution < -0.4 is 4.90 Å². The fraction of sp³-hybridized carbons (Fsp3) is 0.647. The van der Waals surface area contributed by atoms with E-state index in [1.807, 2.05) is 6.07 Å². The SMILES string of the molecule is COCCN(c1cc(C)c(F)cc1[C@H](C)O)C(C)C1CC1. The van der Waals surface area contributed by atoms with E-state index < -0.39 is 6.10 Å². The van der Waals surface area contributed by atoms with Crippen molar-refractivity contribution in [2.75, 3.05) is 25.2 Å². The third kappa shape index (κ3) is 3.74. The van der Waals surface area contributed by atoms with E-state index in [4.69, 9.17) is 4.74 Å². The largest absolute Gasteiger partial charge is 0.389 e. The summed E-state index contributed by atoms with van der Waals surface area (Å²) in [5.41, 5.74) is 2.20. The molecule has 0 aliphatic heterocycles. The summed E-state index contributed by atoms with van der Waals surface area (Å²) in [6.07, 6.45) is 1.80. The molecule has 0 bridgehead atoms. The predicted molar refractivity (Wildman–Crippen MR) is 83.2 cm³/mol. The maximum atomic E-state index is 13.9. The second-order valence-corrected chi connectivity index (χ2v) is 6.10. The molecule has 0 spiro atoms. The molecule has 21 heavy (non-hydrogen) atoms. The number of ether oxygens (including phenoxy) is 1. The van der Waals surface area contributed by atoms with Crippen molar-refractivity contribution in [3.05, 3.63) is 29.1 Å². The summed E-state index contributed by atoms with van der Waals surface area (Å²) in [5, 5.41) is 10.0. The molecule has 1 N–H and O–H groups in total. The number of nitrogens with zero attached hydrogens (tertiary/aromatic N) is 1. The number of hydrogen-bond donors (Lipinski definition) is 1. The number of rotatable bonds is 7. The standard InChI is InChI=1S/C17H26FNO2/c1-11-9-17(15(13(3)20)10-16(11)18)19(7-8-21-4)12(2)14-5-6-14/h9-10,12-14,20H,5-8H2,1-4H3/t12?,13-/m0/s1. The number of benzene rings is 1. The lowest BCUT2D eigenvalue weighted by Gasteiger charge is -2.34. The van der Waals surface area contributed by atoms with Gasteiger partial charge in [-0.25, -0.2) is 4.39 Å². The number of aliphatic hydroxyl groups is 1. The molecule has 0 aromatic heterocycles. The van der Waals surface area contributed by atoms with E-state index in [0.717, 1.165) is 12.2 Å². The Morgan fingerprint density at radius 1 is 1.38 bits per heavy atom. The van der Waals surface area contributed by atoms with Crippen LogP contribution in [0.5, 0.6) is 0 Å². The highest BCUT2D eigenvalue weighted by Crippen LogP contribution is 2.39. The molecular weight excluding hydrogens is 269 g/mol. The molecule has 1 unspecified atom stereocenters. The number of hydrogen-bond acceptors (Lipinski definition) is 3. The number of methoxy groups -OCH3 is 1. The number of halogens is 1. The van der Waals surface area contributed by atoms with Crippen molar-refractivity contribution in [2.24, 2.45) is 5.92 Å². The van der Waals surface area contributed by atoms with Gasteiger partial charge in [-0.2, -0.15) is 0 Å². The summed E-state index contributed by atoms with van der Waals surface area (Å²) < 4.78 is 19.1. The van der Waals surface area contributed by atoms with E-state index in [2.05, 4.69) is 11.8 Å². The first-order valence-corrected chi connectivity index (χ1v) is 7.69. The van der Waals surface area contributed by atoms with Gasteiger partial charge in [-0.05, 0) is 57.2 Å². The molecule has 1 saturated carbocycles. The third-order valence-corrected chi connectivity index (χ3v) is 4.40. The minimum atomic E-state index is -0.688. The topological polar surface area (TPSA) is 32.7 Å². The van der Waals surface area contributed by atoms with Crippen LogP contribution in [-0.4, -0.2) is 31.4 Å². The lowest BCUT2D eigenvalue weighted by Crippen LogP contribution is -2.38. The van der Waals surface area contributed by atoms with E-state index in [0.29, 0.717) is 29.7 Å². The number of aryl methyl sites for hydroxylation is 1. The van der Waals surface area contributed by atoms with Crippen LogP contribution in [0.1, 0.15) is 43.9 Å². The zero-order valence-electron chi connectivity index (χ0n) is 13.4. The minimum absolute atomic E-state index is 0.264. The first-order valence-electron chi connectivity index (χ1n) is 7.69. The van der Waals surface area contributed by atoms with Crippen LogP contribution in [0, 0.1) is 18.7 Å². The van der Waals surface area contributed by atoms with Crippen molar-refractivity contribution < 1.29 is 14.2 Å². The minimum Gasteiger partial charge on any atom is -0.389 e. The van der Waals surface area contributed by atoms with Gasteiger partial charge in [0.2, 0.25) is 0 Å². The van der Waals surface area contributed by atoms with E-state index in [9.17, 15) is 9.50 Å². The summed E-state index contributed by atoms with van der Waals surface area (Å²) in [6.45, 7) is 7.02. The molecule has 4 heteroatoms. The Morgan fingerprint density at radius 3 is 2.57 bits per heavy atom. The molecule has 0 heterocycles. The van der Waals surface area contributed by atoms with Gasteiger partial charge in [0, 0.05) is 30.9 Å². The molecule has 118 valence electrons. The van der Waals surface area contributed by atoms with E-state index in [1.165, 1.54) is 18.9 Å². The molecular formula is C17H26FNO2. The van der Waals surface area contributed by atoms with Gasteiger partial charge in [0.1, 0.15) is 5.82 Å². The third-order valence-electron chi connectivity index (χ3n) is 4.40. The summed E-state index contributed by atoms with van der Waals surface area (Å²) in [5.74, 6) is 0.425.